The van der Waals surface area contributed by atoms with Gasteiger partial charge in [-0.2, -0.15) is 0 Å². The number of aromatic amines is 1. The molecule has 0 fully saturated rings. The number of furan rings is 1. The number of carboxylic acids is 1. The predicted octanol–water partition coefficient (Wildman–Crippen LogP) is 4.09. The molecule has 0 spiro atoms. The van der Waals surface area contributed by atoms with E-state index in [1.807, 2.05) is 60.8 Å². The van der Waals surface area contributed by atoms with Crippen LogP contribution in [0.1, 0.15) is 18.2 Å². The van der Waals surface area contributed by atoms with Crippen LogP contribution >= 0.6 is 0 Å². The van der Waals surface area contributed by atoms with Gasteiger partial charge in [0.05, 0.1) is 6.54 Å². The van der Waals surface area contributed by atoms with Crippen molar-refractivity contribution in [3.63, 3.8) is 0 Å². The van der Waals surface area contributed by atoms with Gasteiger partial charge in [0.25, 0.3) is 0 Å². The highest BCUT2D eigenvalue weighted by molar-refractivity contribution is 5.85. The Labute approximate surface area is 150 Å². The van der Waals surface area contributed by atoms with Gasteiger partial charge in [-0.3, -0.25) is 10.1 Å². The Kier molecular flexibility index (Phi) is 4.01. The largest absolute Gasteiger partial charge is 0.480 e. The maximum Gasteiger partial charge on any atom is 0.323 e. The smallest absolute Gasteiger partial charge is 0.323 e. The van der Waals surface area contributed by atoms with E-state index in [4.69, 9.17) is 4.42 Å². The molecule has 1 atom stereocenters. The van der Waals surface area contributed by atoms with Crippen molar-refractivity contribution in [3.8, 4) is 0 Å². The van der Waals surface area contributed by atoms with E-state index in [0.717, 1.165) is 33.2 Å². The lowest BCUT2D eigenvalue weighted by atomic mass is 9.92. The number of H-pyrrole nitrogens is 1. The number of carboxylic acid groups (broad SMARTS) is 1. The van der Waals surface area contributed by atoms with Crippen molar-refractivity contribution in [1.82, 2.24) is 10.3 Å². The lowest BCUT2D eigenvalue weighted by Crippen LogP contribution is -2.50. The molecule has 0 aliphatic rings. The second-order valence-electron chi connectivity index (χ2n) is 6.78. The molecule has 0 radical (unpaired) electrons. The van der Waals surface area contributed by atoms with Crippen LogP contribution in [0.3, 0.4) is 0 Å². The van der Waals surface area contributed by atoms with E-state index < -0.39 is 11.5 Å². The average Bonchev–Trinajstić information content (AvgIpc) is 3.24. The fourth-order valence-corrected chi connectivity index (χ4v) is 3.28. The zero-order valence-electron chi connectivity index (χ0n) is 14.5. The van der Waals surface area contributed by atoms with Gasteiger partial charge in [0.15, 0.2) is 0 Å². The predicted molar refractivity (Wildman–Crippen MR) is 101 cm³/mol. The van der Waals surface area contributed by atoms with Gasteiger partial charge in [0.2, 0.25) is 0 Å². The molecule has 4 aromatic rings. The monoisotopic (exact) mass is 348 g/mol. The Bertz CT molecular complexity index is 1050. The first-order chi connectivity index (χ1) is 12.5. The van der Waals surface area contributed by atoms with Gasteiger partial charge in [-0.1, -0.05) is 36.4 Å². The first kappa shape index (κ1) is 16.4. The van der Waals surface area contributed by atoms with Crippen molar-refractivity contribution in [3.05, 3.63) is 72.1 Å². The number of para-hydroxylation sites is 2. The van der Waals surface area contributed by atoms with Crippen LogP contribution in [0.2, 0.25) is 0 Å². The zero-order valence-corrected chi connectivity index (χ0v) is 14.5. The number of nitrogens with one attached hydrogen (secondary N) is 2. The van der Waals surface area contributed by atoms with Crippen molar-refractivity contribution >= 4 is 27.8 Å². The lowest BCUT2D eigenvalue weighted by molar-refractivity contribution is -0.144. The maximum absolute atomic E-state index is 12.0. The van der Waals surface area contributed by atoms with E-state index in [9.17, 15) is 9.90 Å². The molecular formula is C21H20N2O3. The molecule has 0 saturated carbocycles. The summed E-state index contributed by atoms with van der Waals surface area (Å²) in [5, 5.41) is 15.0. The number of benzene rings is 2. The molecule has 26 heavy (non-hydrogen) atoms. The standard InChI is InChI=1S/C21H20N2O3/c1-21(20(24)25,11-15-12-22-18-8-4-3-7-17(15)18)23-13-16-10-14-6-2-5-9-19(14)26-16/h2-10,12,22-23H,11,13H2,1H3,(H,24,25)/t21-/m1/s1. The zero-order chi connectivity index (χ0) is 18.1. The van der Waals surface area contributed by atoms with Gasteiger partial charge in [-0.15, -0.1) is 0 Å². The molecule has 0 bridgehead atoms. The fraction of sp³-hybridized carbons (Fsp3) is 0.190. The molecule has 3 N–H and O–H groups in total. The van der Waals surface area contributed by atoms with Gasteiger partial charge in [-0.25, -0.2) is 0 Å². The van der Waals surface area contributed by atoms with Crippen LogP contribution in [0.15, 0.2) is 65.2 Å². The Morgan fingerprint density at radius 1 is 1.19 bits per heavy atom. The summed E-state index contributed by atoms with van der Waals surface area (Å²) in [4.78, 5) is 15.2. The van der Waals surface area contributed by atoms with E-state index in [2.05, 4.69) is 10.3 Å². The molecule has 132 valence electrons. The summed E-state index contributed by atoms with van der Waals surface area (Å²) in [6.07, 6.45) is 2.25. The summed E-state index contributed by atoms with van der Waals surface area (Å²) in [6, 6.07) is 17.6. The molecule has 0 aliphatic carbocycles. The van der Waals surface area contributed by atoms with Crippen molar-refractivity contribution in [2.75, 3.05) is 0 Å². The number of hydrogen-bond donors (Lipinski definition) is 3. The Hall–Kier alpha value is -3.05. The summed E-state index contributed by atoms with van der Waals surface area (Å²) in [5.74, 6) is -0.170. The normalized spacial score (nSPS) is 13.9. The summed E-state index contributed by atoms with van der Waals surface area (Å²) >= 11 is 0. The van der Waals surface area contributed by atoms with E-state index in [-0.39, 0.29) is 0 Å². The number of carbonyl (C=O) groups is 1. The molecule has 2 aromatic carbocycles. The first-order valence-electron chi connectivity index (χ1n) is 8.56. The van der Waals surface area contributed by atoms with Crippen LogP contribution in [-0.2, 0) is 17.8 Å². The lowest BCUT2D eigenvalue weighted by Gasteiger charge is -2.25. The fourth-order valence-electron chi connectivity index (χ4n) is 3.28. The Balaban J connectivity index is 1.56. The van der Waals surface area contributed by atoms with Crippen molar-refractivity contribution in [2.24, 2.45) is 0 Å². The molecule has 0 saturated heterocycles. The van der Waals surface area contributed by atoms with E-state index in [0.29, 0.717) is 13.0 Å². The summed E-state index contributed by atoms with van der Waals surface area (Å²) in [7, 11) is 0. The third kappa shape index (κ3) is 2.97. The van der Waals surface area contributed by atoms with Crippen LogP contribution in [0, 0.1) is 0 Å². The van der Waals surface area contributed by atoms with Crippen LogP contribution < -0.4 is 5.32 Å². The first-order valence-corrected chi connectivity index (χ1v) is 8.56. The molecule has 0 aliphatic heterocycles. The van der Waals surface area contributed by atoms with E-state index in [1.54, 1.807) is 6.92 Å². The van der Waals surface area contributed by atoms with Crippen molar-refractivity contribution in [1.29, 1.82) is 0 Å². The minimum absolute atomic E-state index is 0.347. The number of hydrogen-bond acceptors (Lipinski definition) is 3. The molecule has 4 rings (SSSR count). The molecule has 2 aromatic heterocycles. The molecular weight excluding hydrogens is 328 g/mol. The Morgan fingerprint density at radius 3 is 2.77 bits per heavy atom. The van der Waals surface area contributed by atoms with Crippen molar-refractivity contribution in [2.45, 2.75) is 25.4 Å². The minimum atomic E-state index is -1.11. The maximum atomic E-state index is 12.0. The molecule has 5 nitrogen and oxygen atoms in total. The SMILES string of the molecule is C[C@](Cc1c[nH]c2ccccc12)(NCc1cc2ccccc2o1)C(=O)O. The highest BCUT2D eigenvalue weighted by atomic mass is 16.4. The van der Waals surface area contributed by atoms with E-state index in [1.165, 1.54) is 0 Å². The minimum Gasteiger partial charge on any atom is -0.480 e. The summed E-state index contributed by atoms with van der Waals surface area (Å²) < 4.78 is 5.79. The van der Waals surface area contributed by atoms with Crippen LogP contribution in [-0.4, -0.2) is 21.6 Å². The topological polar surface area (TPSA) is 78.3 Å². The quantitative estimate of drug-likeness (QED) is 0.490. The molecule has 5 heteroatoms. The Morgan fingerprint density at radius 2 is 1.96 bits per heavy atom. The van der Waals surface area contributed by atoms with Crippen molar-refractivity contribution < 1.29 is 14.3 Å². The number of aromatic nitrogens is 1. The second kappa shape index (κ2) is 6.35. The number of rotatable bonds is 6. The average molecular weight is 348 g/mol. The number of aliphatic carboxylic acids is 1. The third-order valence-electron chi connectivity index (χ3n) is 4.82. The van der Waals surface area contributed by atoms with Crippen LogP contribution in [0.4, 0.5) is 0 Å². The molecule has 2 heterocycles. The summed E-state index contributed by atoms with van der Waals surface area (Å²) in [5.41, 5.74) is 1.68. The highest BCUT2D eigenvalue weighted by Crippen LogP contribution is 2.24. The van der Waals surface area contributed by atoms with Gasteiger partial charge >= 0.3 is 5.97 Å². The van der Waals surface area contributed by atoms with Crippen LogP contribution in [0.25, 0.3) is 21.9 Å². The molecule has 0 amide bonds. The van der Waals surface area contributed by atoms with E-state index >= 15 is 0 Å². The van der Waals surface area contributed by atoms with Gasteiger partial charge in [0.1, 0.15) is 16.9 Å². The third-order valence-corrected chi connectivity index (χ3v) is 4.82. The summed E-state index contributed by atoms with van der Waals surface area (Å²) in [6.45, 7) is 2.06. The van der Waals surface area contributed by atoms with Crippen LogP contribution in [0.5, 0.6) is 0 Å². The van der Waals surface area contributed by atoms with Gasteiger partial charge < -0.3 is 14.5 Å². The van der Waals surface area contributed by atoms with Gasteiger partial charge in [-0.05, 0) is 30.7 Å². The number of fused-ring (bicyclic) bond motifs is 2. The highest BCUT2D eigenvalue weighted by Gasteiger charge is 2.34. The molecule has 0 unspecified atom stereocenters. The van der Waals surface area contributed by atoms with Gasteiger partial charge in [0, 0.05) is 28.9 Å². The second-order valence-corrected chi connectivity index (χ2v) is 6.78.